The topological polar surface area (TPSA) is 43.8 Å². The Morgan fingerprint density at radius 3 is 2.59 bits per heavy atom. The zero-order chi connectivity index (χ0) is 12.4. The van der Waals surface area contributed by atoms with Gasteiger partial charge >= 0.3 is 0 Å². The Morgan fingerprint density at radius 1 is 1.29 bits per heavy atom. The third kappa shape index (κ3) is 2.11. The molecular formula is C14H19N3. The molecule has 0 fully saturated rings. The maximum atomic E-state index is 5.76. The first-order valence-electron chi connectivity index (χ1n) is 5.98. The van der Waals surface area contributed by atoms with Gasteiger partial charge in [-0.25, -0.2) is 4.68 Å². The van der Waals surface area contributed by atoms with Crippen LogP contribution >= 0.6 is 0 Å². The average Bonchev–Trinajstić information content (AvgIpc) is 2.73. The molecule has 0 bridgehead atoms. The molecule has 1 heterocycles. The number of aromatic nitrogens is 2. The van der Waals surface area contributed by atoms with E-state index >= 15 is 0 Å². The van der Waals surface area contributed by atoms with Gasteiger partial charge in [0.15, 0.2) is 0 Å². The summed E-state index contributed by atoms with van der Waals surface area (Å²) in [6.07, 6.45) is 1.88. The molecule has 1 aromatic carbocycles. The molecule has 0 spiro atoms. The molecule has 0 aliphatic carbocycles. The molecule has 0 saturated heterocycles. The van der Waals surface area contributed by atoms with Crippen LogP contribution in [0, 0.1) is 6.92 Å². The molecule has 3 nitrogen and oxygen atoms in total. The number of hydrogen-bond donors (Lipinski definition) is 1. The van der Waals surface area contributed by atoms with Gasteiger partial charge in [-0.3, -0.25) is 0 Å². The van der Waals surface area contributed by atoms with Crippen molar-refractivity contribution in [2.75, 3.05) is 0 Å². The summed E-state index contributed by atoms with van der Waals surface area (Å²) in [5.74, 6) is 0.413. The van der Waals surface area contributed by atoms with Crippen LogP contribution in [0.1, 0.15) is 36.6 Å². The maximum Gasteiger partial charge on any atom is 0.0678 e. The third-order valence-electron chi connectivity index (χ3n) is 3.00. The molecule has 90 valence electrons. The summed E-state index contributed by atoms with van der Waals surface area (Å²) in [6, 6.07) is 8.27. The molecule has 0 aliphatic rings. The van der Waals surface area contributed by atoms with E-state index in [2.05, 4.69) is 38.0 Å². The lowest BCUT2D eigenvalue weighted by molar-refractivity contribution is 0.723. The first kappa shape index (κ1) is 11.9. The van der Waals surface area contributed by atoms with Gasteiger partial charge in [0.2, 0.25) is 0 Å². The molecule has 1 aromatic heterocycles. The van der Waals surface area contributed by atoms with Crippen molar-refractivity contribution >= 4 is 0 Å². The third-order valence-corrected chi connectivity index (χ3v) is 3.00. The summed E-state index contributed by atoms with van der Waals surface area (Å²) in [5.41, 5.74) is 10.5. The van der Waals surface area contributed by atoms with Crippen LogP contribution in [0.2, 0.25) is 0 Å². The van der Waals surface area contributed by atoms with Crippen molar-refractivity contribution in [1.82, 2.24) is 9.78 Å². The van der Waals surface area contributed by atoms with E-state index in [4.69, 9.17) is 5.73 Å². The van der Waals surface area contributed by atoms with Crippen molar-refractivity contribution in [2.45, 2.75) is 33.2 Å². The maximum absolute atomic E-state index is 5.76. The van der Waals surface area contributed by atoms with Crippen molar-refractivity contribution in [3.05, 3.63) is 47.3 Å². The summed E-state index contributed by atoms with van der Waals surface area (Å²) in [5, 5.41) is 4.48. The fraction of sp³-hybridized carbons (Fsp3) is 0.357. The highest BCUT2D eigenvalue weighted by Gasteiger charge is 2.15. The van der Waals surface area contributed by atoms with Crippen LogP contribution in [0.3, 0.4) is 0 Å². The minimum Gasteiger partial charge on any atom is -0.326 e. The summed E-state index contributed by atoms with van der Waals surface area (Å²) >= 11 is 0. The average molecular weight is 229 g/mol. The monoisotopic (exact) mass is 229 g/mol. The fourth-order valence-corrected chi connectivity index (χ4v) is 2.16. The standard InChI is InChI=1S/C14H19N3/c1-10(2)14-12(8-15)9-16-17(14)13-7-5-4-6-11(13)3/h4-7,9-10H,8,15H2,1-3H3. The van der Waals surface area contributed by atoms with Gasteiger partial charge in [0.05, 0.1) is 17.6 Å². The second kappa shape index (κ2) is 4.72. The summed E-state index contributed by atoms with van der Waals surface area (Å²) in [4.78, 5) is 0. The normalized spacial score (nSPS) is 11.1. The number of hydrogen-bond acceptors (Lipinski definition) is 2. The Bertz CT molecular complexity index is 512. The van der Waals surface area contributed by atoms with Crippen LogP contribution < -0.4 is 5.73 Å². The summed E-state index contributed by atoms with van der Waals surface area (Å²) in [6.45, 7) is 6.98. The van der Waals surface area contributed by atoms with E-state index in [1.54, 1.807) is 0 Å². The molecule has 0 saturated carbocycles. The van der Waals surface area contributed by atoms with E-state index in [0.717, 1.165) is 11.3 Å². The number of aryl methyl sites for hydroxylation is 1. The number of nitrogens with two attached hydrogens (primary N) is 1. The first-order chi connectivity index (χ1) is 8.15. The Labute approximate surface area is 102 Å². The molecular weight excluding hydrogens is 210 g/mol. The predicted octanol–water partition coefficient (Wildman–Crippen LogP) is 2.76. The van der Waals surface area contributed by atoms with Gasteiger partial charge in [0.1, 0.15) is 0 Å². The number of para-hydroxylation sites is 1. The lowest BCUT2D eigenvalue weighted by Crippen LogP contribution is -2.08. The van der Waals surface area contributed by atoms with E-state index in [1.165, 1.54) is 11.3 Å². The lowest BCUT2D eigenvalue weighted by Gasteiger charge is -2.14. The Hall–Kier alpha value is -1.61. The van der Waals surface area contributed by atoms with Gasteiger partial charge in [0, 0.05) is 12.1 Å². The van der Waals surface area contributed by atoms with E-state index in [9.17, 15) is 0 Å². The lowest BCUT2D eigenvalue weighted by atomic mass is 10.1. The molecule has 0 radical (unpaired) electrons. The molecule has 0 atom stereocenters. The molecule has 0 unspecified atom stereocenters. The SMILES string of the molecule is Cc1ccccc1-n1ncc(CN)c1C(C)C. The molecule has 2 aromatic rings. The smallest absolute Gasteiger partial charge is 0.0678 e. The van der Waals surface area contributed by atoms with Crippen LogP contribution in [0.5, 0.6) is 0 Å². The van der Waals surface area contributed by atoms with E-state index in [0.29, 0.717) is 12.5 Å². The zero-order valence-corrected chi connectivity index (χ0v) is 10.6. The summed E-state index contributed by atoms with van der Waals surface area (Å²) < 4.78 is 2.02. The quantitative estimate of drug-likeness (QED) is 0.879. The van der Waals surface area contributed by atoms with Crippen molar-refractivity contribution in [3.8, 4) is 5.69 Å². The van der Waals surface area contributed by atoms with Gasteiger partial charge < -0.3 is 5.73 Å². The van der Waals surface area contributed by atoms with E-state index < -0.39 is 0 Å². The number of nitrogens with zero attached hydrogens (tertiary/aromatic N) is 2. The van der Waals surface area contributed by atoms with Crippen molar-refractivity contribution in [3.63, 3.8) is 0 Å². The highest BCUT2D eigenvalue weighted by molar-refractivity contribution is 5.42. The molecule has 3 heteroatoms. The van der Waals surface area contributed by atoms with Crippen molar-refractivity contribution < 1.29 is 0 Å². The highest BCUT2D eigenvalue weighted by Crippen LogP contribution is 2.24. The largest absolute Gasteiger partial charge is 0.326 e. The van der Waals surface area contributed by atoms with E-state index in [-0.39, 0.29) is 0 Å². The Balaban J connectivity index is 2.60. The van der Waals surface area contributed by atoms with Crippen molar-refractivity contribution in [2.24, 2.45) is 5.73 Å². The van der Waals surface area contributed by atoms with Gasteiger partial charge in [-0.15, -0.1) is 0 Å². The second-order valence-corrected chi connectivity index (χ2v) is 4.61. The zero-order valence-electron chi connectivity index (χ0n) is 10.6. The van der Waals surface area contributed by atoms with E-state index in [1.807, 2.05) is 23.0 Å². The molecule has 0 amide bonds. The Morgan fingerprint density at radius 2 is 2.00 bits per heavy atom. The second-order valence-electron chi connectivity index (χ2n) is 4.61. The van der Waals surface area contributed by atoms with Crippen LogP contribution in [0.15, 0.2) is 30.5 Å². The molecule has 0 aliphatic heterocycles. The van der Waals surface area contributed by atoms with Crippen LogP contribution in [-0.2, 0) is 6.54 Å². The molecule has 17 heavy (non-hydrogen) atoms. The summed E-state index contributed by atoms with van der Waals surface area (Å²) in [7, 11) is 0. The number of benzene rings is 1. The fourth-order valence-electron chi connectivity index (χ4n) is 2.16. The minimum atomic E-state index is 0.413. The van der Waals surface area contributed by atoms with Gasteiger partial charge in [-0.1, -0.05) is 32.0 Å². The molecule has 2 N–H and O–H groups in total. The van der Waals surface area contributed by atoms with Crippen molar-refractivity contribution in [1.29, 1.82) is 0 Å². The van der Waals surface area contributed by atoms with Crippen LogP contribution in [0.25, 0.3) is 5.69 Å². The predicted molar refractivity (Wildman–Crippen MR) is 70.3 cm³/mol. The number of rotatable bonds is 3. The highest BCUT2D eigenvalue weighted by atomic mass is 15.3. The van der Waals surface area contributed by atoms with Crippen LogP contribution in [0.4, 0.5) is 0 Å². The van der Waals surface area contributed by atoms with Gasteiger partial charge in [-0.05, 0) is 24.5 Å². The first-order valence-corrected chi connectivity index (χ1v) is 5.98. The Kier molecular flexibility index (Phi) is 3.29. The minimum absolute atomic E-state index is 0.413. The van der Waals surface area contributed by atoms with Gasteiger partial charge in [-0.2, -0.15) is 5.10 Å². The van der Waals surface area contributed by atoms with Gasteiger partial charge in [0.25, 0.3) is 0 Å². The molecule has 2 rings (SSSR count). The van der Waals surface area contributed by atoms with Crippen LogP contribution in [-0.4, -0.2) is 9.78 Å².